The van der Waals surface area contributed by atoms with Gasteiger partial charge in [-0.2, -0.15) is 5.10 Å². The fourth-order valence-corrected chi connectivity index (χ4v) is 5.15. The molecule has 0 saturated heterocycles. The zero-order chi connectivity index (χ0) is 19.0. The number of carbonyl (C=O) groups excluding carboxylic acids is 1. The van der Waals surface area contributed by atoms with Gasteiger partial charge in [0.25, 0.3) is 5.91 Å². The summed E-state index contributed by atoms with van der Waals surface area (Å²) in [5.41, 5.74) is 2.21. The highest BCUT2D eigenvalue weighted by atomic mass is 79.9. The van der Waals surface area contributed by atoms with Gasteiger partial charge in [-0.05, 0) is 46.4 Å². The summed E-state index contributed by atoms with van der Waals surface area (Å²) in [6.07, 6.45) is 1.75. The first kappa shape index (κ1) is 18.3. The number of hydrogen-bond acceptors (Lipinski definition) is 5. The van der Waals surface area contributed by atoms with Crippen LogP contribution in [0.5, 0.6) is 0 Å². The van der Waals surface area contributed by atoms with Crippen LogP contribution in [0.1, 0.15) is 25.8 Å². The van der Waals surface area contributed by atoms with Crippen molar-refractivity contribution in [2.24, 2.45) is 0 Å². The van der Waals surface area contributed by atoms with E-state index in [4.69, 9.17) is 0 Å². The van der Waals surface area contributed by atoms with Crippen LogP contribution in [0.2, 0.25) is 0 Å². The molecular formula is C19H17BrN4OS2. The number of nitrogens with zero attached hydrogens (tertiary/aromatic N) is 4. The van der Waals surface area contributed by atoms with Crippen molar-refractivity contribution in [2.45, 2.75) is 20.0 Å². The van der Waals surface area contributed by atoms with Gasteiger partial charge in [0, 0.05) is 32.3 Å². The van der Waals surface area contributed by atoms with E-state index in [0.717, 1.165) is 26.1 Å². The molecule has 4 aromatic heterocycles. The molecule has 0 N–H and O–H groups in total. The molecule has 0 spiro atoms. The van der Waals surface area contributed by atoms with Gasteiger partial charge in [0.2, 0.25) is 0 Å². The van der Waals surface area contributed by atoms with Gasteiger partial charge in [0.15, 0.2) is 5.65 Å². The van der Waals surface area contributed by atoms with Crippen molar-refractivity contribution < 1.29 is 4.79 Å². The van der Waals surface area contributed by atoms with Crippen LogP contribution in [-0.4, -0.2) is 32.6 Å². The van der Waals surface area contributed by atoms with Crippen molar-refractivity contribution in [2.75, 3.05) is 7.05 Å². The molecule has 4 rings (SSSR count). The molecule has 0 aliphatic rings. The maximum atomic E-state index is 13.1. The standard InChI is InChI=1S/C19H17BrN4OS2/c1-12-6-16(19(25)23(2)9-15-7-13(20)11-27-15)17-8-21-24(18(17)22-12)10-14-4-3-5-26-14/h3-8,11H,9-10H2,1-2H3. The Morgan fingerprint density at radius 2 is 2.15 bits per heavy atom. The van der Waals surface area contributed by atoms with Crippen LogP contribution in [0, 0.1) is 6.92 Å². The van der Waals surface area contributed by atoms with E-state index in [1.54, 1.807) is 33.8 Å². The van der Waals surface area contributed by atoms with Gasteiger partial charge in [-0.15, -0.1) is 22.7 Å². The van der Waals surface area contributed by atoms with Crippen molar-refractivity contribution in [3.8, 4) is 0 Å². The smallest absolute Gasteiger partial charge is 0.254 e. The monoisotopic (exact) mass is 460 g/mol. The Labute approximate surface area is 173 Å². The summed E-state index contributed by atoms with van der Waals surface area (Å²) in [5.74, 6) is -0.0225. The van der Waals surface area contributed by atoms with Crippen molar-refractivity contribution in [1.82, 2.24) is 19.7 Å². The van der Waals surface area contributed by atoms with Gasteiger partial charge in [-0.25, -0.2) is 9.67 Å². The third-order valence-corrected chi connectivity index (χ3v) is 6.76. The Kier molecular flexibility index (Phi) is 5.12. The predicted octanol–water partition coefficient (Wildman–Crippen LogP) is 4.95. The van der Waals surface area contributed by atoms with Crippen molar-refractivity contribution in [3.63, 3.8) is 0 Å². The number of halogens is 1. The molecule has 8 heteroatoms. The lowest BCUT2D eigenvalue weighted by molar-refractivity contribution is 0.0788. The molecule has 1 amide bonds. The number of rotatable bonds is 5. The van der Waals surface area contributed by atoms with E-state index in [1.165, 1.54) is 4.88 Å². The molecule has 27 heavy (non-hydrogen) atoms. The van der Waals surface area contributed by atoms with Crippen LogP contribution in [0.25, 0.3) is 11.0 Å². The van der Waals surface area contributed by atoms with Crippen LogP contribution >= 0.6 is 38.6 Å². The molecule has 0 unspecified atom stereocenters. The molecule has 0 saturated carbocycles. The first-order chi connectivity index (χ1) is 13.0. The number of hydrogen-bond donors (Lipinski definition) is 0. The van der Waals surface area contributed by atoms with Crippen LogP contribution in [0.15, 0.2) is 45.7 Å². The van der Waals surface area contributed by atoms with Crippen LogP contribution in [0.3, 0.4) is 0 Å². The van der Waals surface area contributed by atoms with E-state index in [9.17, 15) is 4.79 Å². The third-order valence-electron chi connectivity index (χ3n) is 4.21. The highest BCUT2D eigenvalue weighted by Gasteiger charge is 2.19. The lowest BCUT2D eigenvalue weighted by atomic mass is 10.1. The second-order valence-electron chi connectivity index (χ2n) is 6.32. The quantitative estimate of drug-likeness (QED) is 0.423. The van der Waals surface area contributed by atoms with E-state index >= 15 is 0 Å². The minimum Gasteiger partial charge on any atom is -0.337 e. The molecule has 0 bridgehead atoms. The number of pyridine rings is 1. The van der Waals surface area contributed by atoms with Crippen molar-refractivity contribution in [1.29, 1.82) is 0 Å². The van der Waals surface area contributed by atoms with Crippen LogP contribution < -0.4 is 0 Å². The van der Waals surface area contributed by atoms with E-state index in [0.29, 0.717) is 18.7 Å². The topological polar surface area (TPSA) is 51.0 Å². The molecule has 5 nitrogen and oxygen atoms in total. The lowest BCUT2D eigenvalue weighted by Crippen LogP contribution is -2.26. The summed E-state index contributed by atoms with van der Waals surface area (Å²) in [7, 11) is 1.83. The number of aromatic nitrogens is 3. The highest BCUT2D eigenvalue weighted by Crippen LogP contribution is 2.24. The molecule has 0 radical (unpaired) electrons. The Hall–Kier alpha value is -2.03. The Morgan fingerprint density at radius 3 is 2.85 bits per heavy atom. The van der Waals surface area contributed by atoms with E-state index < -0.39 is 0 Å². The largest absolute Gasteiger partial charge is 0.337 e. The molecule has 0 atom stereocenters. The Morgan fingerprint density at radius 1 is 1.30 bits per heavy atom. The lowest BCUT2D eigenvalue weighted by Gasteiger charge is -2.17. The van der Waals surface area contributed by atoms with E-state index in [2.05, 4.69) is 32.1 Å². The number of carbonyl (C=O) groups is 1. The zero-order valence-corrected chi connectivity index (χ0v) is 18.1. The summed E-state index contributed by atoms with van der Waals surface area (Å²) in [5, 5.41) is 9.35. The summed E-state index contributed by atoms with van der Waals surface area (Å²) >= 11 is 6.78. The van der Waals surface area contributed by atoms with Crippen LogP contribution in [-0.2, 0) is 13.1 Å². The fourth-order valence-electron chi connectivity index (χ4n) is 2.96. The normalized spacial score (nSPS) is 11.2. The summed E-state index contributed by atoms with van der Waals surface area (Å²) in [6, 6.07) is 7.99. The molecule has 0 aliphatic carbocycles. The number of fused-ring (bicyclic) bond motifs is 1. The van der Waals surface area contributed by atoms with E-state index in [-0.39, 0.29) is 5.91 Å². The third kappa shape index (κ3) is 3.83. The van der Waals surface area contributed by atoms with Gasteiger partial charge in [-0.1, -0.05) is 6.07 Å². The average Bonchev–Trinajstić information content (AvgIpc) is 3.37. The number of thiophene rings is 2. The van der Waals surface area contributed by atoms with E-state index in [1.807, 2.05) is 47.6 Å². The first-order valence-electron chi connectivity index (χ1n) is 8.35. The molecule has 0 fully saturated rings. The number of amides is 1. The molecule has 0 aromatic carbocycles. The predicted molar refractivity (Wildman–Crippen MR) is 114 cm³/mol. The van der Waals surface area contributed by atoms with Crippen LogP contribution in [0.4, 0.5) is 0 Å². The fraction of sp³-hybridized carbons (Fsp3) is 0.211. The molecule has 138 valence electrons. The second-order valence-corrected chi connectivity index (χ2v) is 9.27. The summed E-state index contributed by atoms with van der Waals surface area (Å²) in [4.78, 5) is 21.8. The van der Waals surface area contributed by atoms with Gasteiger partial charge >= 0.3 is 0 Å². The van der Waals surface area contributed by atoms with Crippen molar-refractivity contribution in [3.05, 3.63) is 66.7 Å². The average molecular weight is 461 g/mol. The number of aryl methyl sites for hydroxylation is 1. The van der Waals surface area contributed by atoms with Gasteiger partial charge < -0.3 is 4.90 Å². The minimum atomic E-state index is -0.0225. The summed E-state index contributed by atoms with van der Waals surface area (Å²) in [6.45, 7) is 3.14. The first-order valence-corrected chi connectivity index (χ1v) is 10.9. The van der Waals surface area contributed by atoms with Gasteiger partial charge in [0.1, 0.15) is 0 Å². The van der Waals surface area contributed by atoms with Gasteiger partial charge in [0.05, 0.1) is 30.2 Å². The molecule has 4 heterocycles. The Balaban J connectivity index is 1.66. The molecule has 0 aliphatic heterocycles. The molecule has 4 aromatic rings. The SMILES string of the molecule is Cc1cc(C(=O)N(C)Cc2cc(Br)cs2)c2cnn(Cc3cccs3)c2n1. The highest BCUT2D eigenvalue weighted by molar-refractivity contribution is 9.10. The summed E-state index contributed by atoms with van der Waals surface area (Å²) < 4.78 is 2.90. The molecular weight excluding hydrogens is 444 g/mol. The Bertz CT molecular complexity index is 1100. The van der Waals surface area contributed by atoms with Crippen molar-refractivity contribution >= 4 is 55.5 Å². The van der Waals surface area contributed by atoms with Gasteiger partial charge in [-0.3, -0.25) is 4.79 Å². The maximum Gasteiger partial charge on any atom is 0.254 e. The zero-order valence-electron chi connectivity index (χ0n) is 14.8. The second kappa shape index (κ2) is 7.53. The minimum absolute atomic E-state index is 0.0225. The maximum absolute atomic E-state index is 13.1.